The van der Waals surface area contributed by atoms with Gasteiger partial charge in [0.1, 0.15) is 6.04 Å². The Labute approximate surface area is 178 Å². The monoisotopic (exact) mass is 421 g/mol. The number of aromatic nitrogens is 1. The van der Waals surface area contributed by atoms with E-state index in [1.165, 1.54) is 24.2 Å². The molecule has 4 N–H and O–H groups in total. The maximum Gasteiger partial charge on any atom is 0.257 e. The Morgan fingerprint density at radius 1 is 1.00 bits per heavy atom. The molecule has 3 atom stereocenters. The van der Waals surface area contributed by atoms with Crippen molar-refractivity contribution in [3.8, 4) is 0 Å². The fraction of sp³-hybridized carbons (Fsp3) is 0.318. The first-order chi connectivity index (χ1) is 14.7. The summed E-state index contributed by atoms with van der Waals surface area (Å²) in [4.78, 5) is 29.7. The van der Waals surface area contributed by atoms with Crippen molar-refractivity contribution in [3.63, 3.8) is 0 Å². The minimum Gasteiger partial charge on any atom is -0.325 e. The molecule has 1 aliphatic heterocycles. The largest absolute Gasteiger partial charge is 0.325 e. The number of benzene rings is 2. The summed E-state index contributed by atoms with van der Waals surface area (Å²) in [6.07, 6.45) is 4.58. The van der Waals surface area contributed by atoms with E-state index < -0.39 is 0 Å². The number of thiazole rings is 1. The van der Waals surface area contributed by atoms with Crippen molar-refractivity contribution < 1.29 is 9.59 Å². The third-order valence-electron chi connectivity index (χ3n) is 5.87. The summed E-state index contributed by atoms with van der Waals surface area (Å²) >= 11 is 1.39. The molecule has 2 amide bonds. The van der Waals surface area contributed by atoms with Crippen LogP contribution in [0, 0.1) is 5.92 Å². The third-order valence-corrected chi connectivity index (χ3v) is 6.80. The van der Waals surface area contributed by atoms with E-state index in [1.54, 1.807) is 12.1 Å². The number of rotatable bonds is 4. The van der Waals surface area contributed by atoms with Crippen LogP contribution < -0.4 is 21.5 Å². The highest BCUT2D eigenvalue weighted by molar-refractivity contribution is 7.22. The SMILES string of the molecule is O=C(Nc1nc2ccc(NC(=O)C3NNC4CCCCC43)cc2s1)c1ccccc1. The van der Waals surface area contributed by atoms with Gasteiger partial charge in [-0.25, -0.2) is 10.4 Å². The maximum atomic E-state index is 12.8. The average Bonchev–Trinajstić information content (AvgIpc) is 3.37. The predicted molar refractivity (Wildman–Crippen MR) is 118 cm³/mol. The lowest BCUT2D eigenvalue weighted by Gasteiger charge is -2.26. The van der Waals surface area contributed by atoms with Gasteiger partial charge in [0.05, 0.1) is 10.2 Å². The van der Waals surface area contributed by atoms with Gasteiger partial charge in [-0.1, -0.05) is 42.4 Å². The highest BCUT2D eigenvalue weighted by atomic mass is 32.1. The van der Waals surface area contributed by atoms with Crippen LogP contribution >= 0.6 is 11.3 Å². The molecule has 2 aliphatic rings. The van der Waals surface area contributed by atoms with Crippen LogP contribution in [0.15, 0.2) is 48.5 Å². The van der Waals surface area contributed by atoms with Crippen LogP contribution in [0.1, 0.15) is 36.0 Å². The zero-order chi connectivity index (χ0) is 20.5. The number of hydrazine groups is 1. The number of hydrogen-bond acceptors (Lipinski definition) is 6. The highest BCUT2D eigenvalue weighted by Gasteiger charge is 2.40. The molecule has 30 heavy (non-hydrogen) atoms. The van der Waals surface area contributed by atoms with Gasteiger partial charge in [0, 0.05) is 23.2 Å². The van der Waals surface area contributed by atoms with Crippen molar-refractivity contribution >= 4 is 44.2 Å². The van der Waals surface area contributed by atoms with E-state index in [4.69, 9.17) is 0 Å². The molecule has 0 spiro atoms. The number of nitrogens with one attached hydrogen (secondary N) is 4. The summed E-state index contributed by atoms with van der Waals surface area (Å²) in [5, 5.41) is 6.42. The number of anilines is 2. The zero-order valence-electron chi connectivity index (χ0n) is 16.4. The molecule has 1 saturated heterocycles. The number of carbonyl (C=O) groups is 2. The van der Waals surface area contributed by atoms with Gasteiger partial charge in [-0.05, 0) is 43.2 Å². The molecule has 1 saturated carbocycles. The molecule has 2 aromatic carbocycles. The van der Waals surface area contributed by atoms with Gasteiger partial charge in [0.25, 0.3) is 5.91 Å². The second-order valence-corrected chi connectivity index (χ2v) is 8.86. The molecule has 154 valence electrons. The van der Waals surface area contributed by atoms with Crippen molar-refractivity contribution in [2.45, 2.75) is 37.8 Å². The Morgan fingerprint density at radius 2 is 1.83 bits per heavy atom. The highest BCUT2D eigenvalue weighted by Crippen LogP contribution is 2.32. The summed E-state index contributed by atoms with van der Waals surface area (Å²) in [7, 11) is 0. The molecule has 2 heterocycles. The number of hydrogen-bond donors (Lipinski definition) is 4. The van der Waals surface area contributed by atoms with Gasteiger partial charge in [-0.2, -0.15) is 0 Å². The quantitative estimate of drug-likeness (QED) is 0.517. The molecule has 8 heteroatoms. The van der Waals surface area contributed by atoms with Crippen LogP contribution in [0.2, 0.25) is 0 Å². The fourth-order valence-corrected chi connectivity index (χ4v) is 5.24. The first-order valence-electron chi connectivity index (χ1n) is 10.3. The number of fused-ring (bicyclic) bond motifs is 2. The van der Waals surface area contributed by atoms with Crippen molar-refractivity contribution in [3.05, 3.63) is 54.1 Å². The van der Waals surface area contributed by atoms with Crippen LogP contribution in [0.5, 0.6) is 0 Å². The summed E-state index contributed by atoms with van der Waals surface area (Å²) in [5.74, 6) is 0.133. The first-order valence-corrected chi connectivity index (χ1v) is 11.1. The van der Waals surface area contributed by atoms with Crippen LogP contribution in [-0.2, 0) is 4.79 Å². The molecule has 5 rings (SSSR count). The van der Waals surface area contributed by atoms with Crippen LogP contribution in [0.3, 0.4) is 0 Å². The normalized spacial score (nSPS) is 23.1. The van der Waals surface area contributed by atoms with E-state index in [2.05, 4.69) is 26.5 Å². The van der Waals surface area contributed by atoms with E-state index in [0.717, 1.165) is 28.7 Å². The molecule has 1 aliphatic carbocycles. The van der Waals surface area contributed by atoms with E-state index in [9.17, 15) is 9.59 Å². The zero-order valence-corrected chi connectivity index (χ0v) is 17.2. The Morgan fingerprint density at radius 3 is 2.70 bits per heavy atom. The van der Waals surface area contributed by atoms with Crippen molar-refractivity contribution in [1.29, 1.82) is 0 Å². The van der Waals surface area contributed by atoms with Crippen molar-refractivity contribution in [2.24, 2.45) is 5.92 Å². The molecule has 3 aromatic rings. The molecule has 0 bridgehead atoms. The van der Waals surface area contributed by atoms with E-state index in [-0.39, 0.29) is 17.9 Å². The van der Waals surface area contributed by atoms with Gasteiger partial charge in [-0.3, -0.25) is 20.3 Å². The molecular formula is C22H23N5O2S. The molecule has 7 nitrogen and oxygen atoms in total. The fourth-order valence-electron chi connectivity index (χ4n) is 4.34. The summed E-state index contributed by atoms with van der Waals surface area (Å²) in [6.45, 7) is 0. The number of amides is 2. The van der Waals surface area contributed by atoms with Crippen LogP contribution in [0.4, 0.5) is 10.8 Å². The summed E-state index contributed by atoms with van der Waals surface area (Å²) < 4.78 is 0.907. The van der Waals surface area contributed by atoms with Gasteiger partial charge in [0.2, 0.25) is 5.91 Å². The van der Waals surface area contributed by atoms with Gasteiger partial charge in [0.15, 0.2) is 5.13 Å². The summed E-state index contributed by atoms with van der Waals surface area (Å²) in [5.41, 5.74) is 8.57. The van der Waals surface area contributed by atoms with Crippen molar-refractivity contribution in [1.82, 2.24) is 15.8 Å². The van der Waals surface area contributed by atoms with Crippen LogP contribution in [-0.4, -0.2) is 28.9 Å². The van der Waals surface area contributed by atoms with Gasteiger partial charge in [-0.15, -0.1) is 0 Å². The lowest BCUT2D eigenvalue weighted by molar-refractivity contribution is -0.118. The van der Waals surface area contributed by atoms with Gasteiger partial charge >= 0.3 is 0 Å². The Bertz CT molecular complexity index is 1080. The van der Waals surface area contributed by atoms with E-state index in [1.807, 2.05) is 36.4 Å². The lowest BCUT2D eigenvalue weighted by Crippen LogP contribution is -2.42. The molecular weight excluding hydrogens is 398 g/mol. The minimum atomic E-state index is -0.215. The molecule has 0 radical (unpaired) electrons. The molecule has 3 unspecified atom stereocenters. The van der Waals surface area contributed by atoms with Crippen LogP contribution in [0.25, 0.3) is 10.2 Å². The predicted octanol–water partition coefficient (Wildman–Crippen LogP) is 3.52. The maximum absolute atomic E-state index is 12.8. The number of nitrogens with zero attached hydrogens (tertiary/aromatic N) is 1. The molecule has 2 fully saturated rings. The molecule has 1 aromatic heterocycles. The van der Waals surface area contributed by atoms with E-state index >= 15 is 0 Å². The summed E-state index contributed by atoms with van der Waals surface area (Å²) in [6, 6.07) is 14.8. The minimum absolute atomic E-state index is 0.0154. The van der Waals surface area contributed by atoms with Gasteiger partial charge < -0.3 is 5.32 Å². The second-order valence-electron chi connectivity index (χ2n) is 7.83. The Balaban J connectivity index is 1.28. The smallest absolute Gasteiger partial charge is 0.257 e. The van der Waals surface area contributed by atoms with Crippen molar-refractivity contribution in [2.75, 3.05) is 10.6 Å². The lowest BCUT2D eigenvalue weighted by atomic mass is 9.81. The average molecular weight is 422 g/mol. The Kier molecular flexibility index (Phi) is 5.20. The third kappa shape index (κ3) is 3.81. The topological polar surface area (TPSA) is 95.2 Å². The second kappa shape index (κ2) is 8.14. The Hall–Kier alpha value is -2.81. The first kappa shape index (κ1) is 19.2. The van der Waals surface area contributed by atoms with E-state index in [0.29, 0.717) is 22.7 Å². The number of carbonyl (C=O) groups excluding carboxylic acids is 2. The standard InChI is InChI=1S/C22H23N5O2S/c28-20(13-6-2-1-3-7-13)25-22-24-17-11-10-14(12-18(17)30-22)23-21(29)19-15-8-4-5-9-16(15)26-27-19/h1-3,6-7,10-12,15-16,19,26-27H,4-5,8-9H2,(H,23,29)(H,24,25,28).